The molecule has 0 radical (unpaired) electrons. The van der Waals surface area contributed by atoms with Crippen molar-refractivity contribution in [3.05, 3.63) is 12.2 Å². The third-order valence-corrected chi connectivity index (χ3v) is 3.63. The van der Waals surface area contributed by atoms with Gasteiger partial charge in [0.05, 0.1) is 19.8 Å². The van der Waals surface area contributed by atoms with Crippen molar-refractivity contribution in [3.63, 3.8) is 0 Å². The van der Waals surface area contributed by atoms with Gasteiger partial charge in [0.1, 0.15) is 12.2 Å². The van der Waals surface area contributed by atoms with Crippen LogP contribution in [0.2, 0.25) is 0 Å². The summed E-state index contributed by atoms with van der Waals surface area (Å²) in [6.45, 7) is 10.8. The van der Waals surface area contributed by atoms with Gasteiger partial charge in [0.15, 0.2) is 0 Å². The number of aromatic nitrogens is 3. The first-order valence-corrected chi connectivity index (χ1v) is 7.74. The first-order valence-electron chi connectivity index (χ1n) is 7.74. The highest BCUT2D eigenvalue weighted by molar-refractivity contribution is 4.88. The van der Waals surface area contributed by atoms with Crippen molar-refractivity contribution in [1.29, 1.82) is 0 Å². The Balaban J connectivity index is 1.92. The molecule has 1 N–H and O–H groups in total. The zero-order chi connectivity index (χ0) is 14.2. The van der Waals surface area contributed by atoms with E-state index >= 15 is 0 Å². The minimum absolute atomic E-state index is 0.432. The molecule has 1 aromatic heterocycles. The van der Waals surface area contributed by atoms with Gasteiger partial charge in [-0.05, 0) is 19.4 Å². The van der Waals surface area contributed by atoms with Gasteiger partial charge in [0, 0.05) is 25.7 Å². The lowest BCUT2D eigenvalue weighted by atomic mass is 10.2. The standard InChI is InChI=1S/C14H27N5O/c1-3-5-15-9-13-11-20-8-7-18(13)10-14-16-12-17-19(14)6-4-2/h12-13,15H,3-11H2,1-2H3. The molecule has 0 saturated carbocycles. The molecular formula is C14H27N5O. The highest BCUT2D eigenvalue weighted by Gasteiger charge is 2.24. The highest BCUT2D eigenvalue weighted by atomic mass is 16.5. The van der Waals surface area contributed by atoms with Crippen LogP contribution in [-0.2, 0) is 17.8 Å². The van der Waals surface area contributed by atoms with E-state index in [9.17, 15) is 0 Å². The third kappa shape index (κ3) is 4.26. The second-order valence-corrected chi connectivity index (χ2v) is 5.30. The second-order valence-electron chi connectivity index (χ2n) is 5.30. The maximum absolute atomic E-state index is 5.62. The number of rotatable bonds is 8. The molecule has 1 atom stereocenters. The molecule has 0 aliphatic carbocycles. The summed E-state index contributed by atoms with van der Waals surface area (Å²) in [5, 5.41) is 7.79. The maximum Gasteiger partial charge on any atom is 0.141 e. The number of hydrogen-bond donors (Lipinski definition) is 1. The van der Waals surface area contributed by atoms with E-state index in [0.29, 0.717) is 6.04 Å². The summed E-state index contributed by atoms with van der Waals surface area (Å²) >= 11 is 0. The lowest BCUT2D eigenvalue weighted by Crippen LogP contribution is -2.50. The van der Waals surface area contributed by atoms with Crippen LogP contribution in [0.25, 0.3) is 0 Å². The monoisotopic (exact) mass is 281 g/mol. The minimum Gasteiger partial charge on any atom is -0.378 e. The van der Waals surface area contributed by atoms with E-state index in [-0.39, 0.29) is 0 Å². The quantitative estimate of drug-likeness (QED) is 0.717. The van der Waals surface area contributed by atoms with E-state index in [1.165, 1.54) is 6.42 Å². The summed E-state index contributed by atoms with van der Waals surface area (Å²) in [7, 11) is 0. The normalized spacial score (nSPS) is 20.4. The summed E-state index contributed by atoms with van der Waals surface area (Å²) in [5.74, 6) is 1.06. The molecule has 1 saturated heterocycles. The van der Waals surface area contributed by atoms with Crippen LogP contribution in [0.1, 0.15) is 32.5 Å². The molecule has 1 aliphatic heterocycles. The predicted molar refractivity (Wildman–Crippen MR) is 78.5 cm³/mol. The smallest absolute Gasteiger partial charge is 0.141 e. The third-order valence-electron chi connectivity index (χ3n) is 3.63. The SMILES string of the molecule is CCCNCC1COCCN1Cc1ncnn1CCC. The molecule has 2 rings (SSSR count). The molecule has 6 heteroatoms. The van der Waals surface area contributed by atoms with E-state index in [2.05, 4.69) is 34.1 Å². The van der Waals surface area contributed by atoms with Crippen molar-refractivity contribution < 1.29 is 4.74 Å². The van der Waals surface area contributed by atoms with Crippen LogP contribution in [0.15, 0.2) is 6.33 Å². The lowest BCUT2D eigenvalue weighted by Gasteiger charge is -2.35. The molecule has 1 aromatic rings. The van der Waals surface area contributed by atoms with Crippen LogP contribution < -0.4 is 5.32 Å². The van der Waals surface area contributed by atoms with Gasteiger partial charge >= 0.3 is 0 Å². The number of nitrogens with one attached hydrogen (secondary N) is 1. The van der Waals surface area contributed by atoms with Crippen LogP contribution in [0, 0.1) is 0 Å². The molecule has 0 bridgehead atoms. The first kappa shape index (κ1) is 15.4. The average Bonchev–Trinajstić information content (AvgIpc) is 2.89. The van der Waals surface area contributed by atoms with Crippen LogP contribution >= 0.6 is 0 Å². The van der Waals surface area contributed by atoms with E-state index in [1.54, 1.807) is 6.33 Å². The Morgan fingerprint density at radius 3 is 3.10 bits per heavy atom. The van der Waals surface area contributed by atoms with Gasteiger partial charge in [-0.25, -0.2) is 9.67 Å². The topological polar surface area (TPSA) is 55.2 Å². The van der Waals surface area contributed by atoms with Crippen LogP contribution in [-0.4, -0.2) is 58.6 Å². The fraction of sp³-hybridized carbons (Fsp3) is 0.857. The van der Waals surface area contributed by atoms with Gasteiger partial charge in [-0.15, -0.1) is 0 Å². The molecule has 2 heterocycles. The van der Waals surface area contributed by atoms with E-state index in [0.717, 1.165) is 58.2 Å². The number of aryl methyl sites for hydroxylation is 1. The second kappa shape index (κ2) is 8.34. The Kier molecular flexibility index (Phi) is 6.42. The van der Waals surface area contributed by atoms with Crippen molar-refractivity contribution in [2.24, 2.45) is 0 Å². The van der Waals surface area contributed by atoms with Crippen LogP contribution in [0.4, 0.5) is 0 Å². The Morgan fingerprint density at radius 2 is 2.30 bits per heavy atom. The predicted octanol–water partition coefficient (Wildman–Crippen LogP) is 0.889. The summed E-state index contributed by atoms with van der Waals surface area (Å²) in [6, 6.07) is 0.432. The zero-order valence-electron chi connectivity index (χ0n) is 12.7. The molecule has 6 nitrogen and oxygen atoms in total. The van der Waals surface area contributed by atoms with Gasteiger partial charge < -0.3 is 10.1 Å². The van der Waals surface area contributed by atoms with E-state index < -0.39 is 0 Å². The van der Waals surface area contributed by atoms with Crippen LogP contribution in [0.3, 0.4) is 0 Å². The molecule has 0 amide bonds. The van der Waals surface area contributed by atoms with Gasteiger partial charge in [-0.2, -0.15) is 5.10 Å². The summed E-state index contributed by atoms with van der Waals surface area (Å²) in [6.07, 6.45) is 3.91. The minimum atomic E-state index is 0.432. The highest BCUT2D eigenvalue weighted by Crippen LogP contribution is 2.11. The van der Waals surface area contributed by atoms with Gasteiger partial charge in [0.2, 0.25) is 0 Å². The van der Waals surface area contributed by atoms with E-state index in [4.69, 9.17) is 4.74 Å². The fourth-order valence-corrected chi connectivity index (χ4v) is 2.52. The van der Waals surface area contributed by atoms with Crippen molar-refractivity contribution in [3.8, 4) is 0 Å². The summed E-state index contributed by atoms with van der Waals surface area (Å²) in [4.78, 5) is 6.87. The Bertz CT molecular complexity index is 381. The Hall–Kier alpha value is -0.980. The zero-order valence-corrected chi connectivity index (χ0v) is 12.7. The van der Waals surface area contributed by atoms with Crippen molar-refractivity contribution in [2.45, 2.75) is 45.8 Å². The number of hydrogen-bond acceptors (Lipinski definition) is 5. The van der Waals surface area contributed by atoms with Gasteiger partial charge in [-0.3, -0.25) is 4.90 Å². The van der Waals surface area contributed by atoms with Gasteiger partial charge in [0.25, 0.3) is 0 Å². The Morgan fingerprint density at radius 1 is 1.40 bits per heavy atom. The van der Waals surface area contributed by atoms with Crippen molar-refractivity contribution in [2.75, 3.05) is 32.8 Å². The fourth-order valence-electron chi connectivity index (χ4n) is 2.52. The summed E-state index contributed by atoms with van der Waals surface area (Å²) in [5.41, 5.74) is 0. The molecule has 1 unspecified atom stereocenters. The molecule has 114 valence electrons. The largest absolute Gasteiger partial charge is 0.378 e. The molecule has 0 spiro atoms. The Labute approximate surface area is 121 Å². The number of ether oxygens (including phenoxy) is 1. The molecule has 0 aromatic carbocycles. The maximum atomic E-state index is 5.62. The van der Waals surface area contributed by atoms with Crippen molar-refractivity contribution in [1.82, 2.24) is 25.0 Å². The summed E-state index contributed by atoms with van der Waals surface area (Å²) < 4.78 is 7.64. The van der Waals surface area contributed by atoms with Crippen LogP contribution in [0.5, 0.6) is 0 Å². The lowest BCUT2D eigenvalue weighted by molar-refractivity contribution is -0.0125. The molecule has 1 aliphatic rings. The van der Waals surface area contributed by atoms with Crippen molar-refractivity contribution >= 4 is 0 Å². The average molecular weight is 281 g/mol. The number of morpholine rings is 1. The van der Waals surface area contributed by atoms with Gasteiger partial charge in [-0.1, -0.05) is 13.8 Å². The molecular weight excluding hydrogens is 254 g/mol. The first-order chi connectivity index (χ1) is 9.85. The van der Waals surface area contributed by atoms with E-state index in [1.807, 2.05) is 4.68 Å². The molecule has 20 heavy (non-hydrogen) atoms. The number of nitrogens with zero attached hydrogens (tertiary/aromatic N) is 4. The molecule has 1 fully saturated rings.